The normalized spacial score (nSPS) is 38.2. The summed E-state index contributed by atoms with van der Waals surface area (Å²) >= 11 is 1.65. The minimum atomic E-state index is -2.50. The number of ether oxygens (including phenoxy) is 5. The van der Waals surface area contributed by atoms with Crippen LogP contribution in [-0.4, -0.2) is 121 Å². The molecule has 2 saturated heterocycles. The fourth-order valence-electron chi connectivity index (χ4n) is 10.1. The molecule has 1 aliphatic carbocycles. The lowest BCUT2D eigenvalue weighted by atomic mass is 9.81. The van der Waals surface area contributed by atoms with Gasteiger partial charge in [0.05, 0.1) is 35.5 Å². The molecule has 61 heavy (non-hydrogen) atoms. The van der Waals surface area contributed by atoms with Gasteiger partial charge in [0, 0.05) is 52.0 Å². The molecule has 1 saturated carbocycles. The molecule has 1 aromatic heterocycles. The Bertz CT molecular complexity index is 1700. The molecule has 342 valence electrons. The number of amides is 1. The second-order valence-corrected chi connectivity index (χ2v) is 19.3. The van der Waals surface area contributed by atoms with Gasteiger partial charge in [-0.25, -0.2) is 4.79 Å². The summed E-state index contributed by atoms with van der Waals surface area (Å²) in [6.07, 6.45) is 5.51. The Morgan fingerprint density at radius 3 is 2.34 bits per heavy atom. The molecule has 3 fully saturated rings. The highest BCUT2D eigenvalue weighted by molar-refractivity contribution is 7.14. The molecule has 0 spiro atoms. The maximum atomic E-state index is 14.5. The average Bonchev–Trinajstić information content (AvgIpc) is 3.77. The number of nitrogens with zero attached hydrogens (tertiary/aromatic N) is 1. The summed E-state index contributed by atoms with van der Waals surface area (Å²) in [6, 6.07) is 3.07. The van der Waals surface area contributed by atoms with E-state index >= 15 is 0 Å². The van der Waals surface area contributed by atoms with Crippen LogP contribution in [0.1, 0.15) is 112 Å². The largest absolute Gasteiger partial charge is 0.456 e. The number of Topliss-reactive ketones (excluding diaryl/α,β-unsaturated/α-hetero) is 2. The molecule has 3 N–H and O–H groups in total. The number of thiophene rings is 1. The Balaban J connectivity index is 1.49. The smallest absolute Gasteiger partial charge is 0.329 e. The van der Waals surface area contributed by atoms with E-state index in [0.29, 0.717) is 32.1 Å². The van der Waals surface area contributed by atoms with E-state index in [4.69, 9.17) is 23.7 Å². The molecule has 5 rings (SSSR count). The Labute approximate surface area is 366 Å². The van der Waals surface area contributed by atoms with E-state index in [1.165, 1.54) is 4.90 Å². The van der Waals surface area contributed by atoms with E-state index in [-0.39, 0.29) is 55.6 Å². The first-order valence-electron chi connectivity index (χ1n) is 22.5. The summed E-state index contributed by atoms with van der Waals surface area (Å²) in [5, 5.41) is 30.6. The van der Waals surface area contributed by atoms with E-state index in [1.54, 1.807) is 46.5 Å². The fourth-order valence-corrected chi connectivity index (χ4v) is 10.8. The fraction of sp³-hybridized carbons (Fsp3) is 0.745. The Kier molecular flexibility index (Phi) is 17.8. The molecule has 4 heterocycles. The molecule has 2 bridgehead atoms. The molecule has 14 heteroatoms. The van der Waals surface area contributed by atoms with Crippen molar-refractivity contribution in [2.24, 2.45) is 29.6 Å². The molecule has 13 nitrogen and oxygen atoms in total. The summed E-state index contributed by atoms with van der Waals surface area (Å²) in [6.45, 7) is 11.4. The molecule has 4 aliphatic rings. The number of fused-ring (bicyclic) bond motifs is 3. The highest BCUT2D eigenvalue weighted by atomic mass is 32.1. The first-order chi connectivity index (χ1) is 29.0. The standard InChI is InChI=1S/C47H72N2O11S/c1-10-33-21-27(2)20-28(3)22-39(57-8)43-40(58-9)24-30(5)47(55,60-43)44(52)45(53)49-18-12-11-14-35(49)46(54)59-42(31(6)36(50)26-37(33)51)29(4)23-32-16-17-34(38(25-32)56-7)48-41-15-13-19-61-41/h13,15,19,21,23,28,30-36,38-40,42-43,48,50,55H,10-12,14,16-18,20,22,24-26H2,1-9H3. The second-order valence-electron chi connectivity index (χ2n) is 18.3. The van der Waals surface area contributed by atoms with Crippen molar-refractivity contribution in [1.29, 1.82) is 0 Å². The van der Waals surface area contributed by atoms with E-state index in [9.17, 15) is 29.4 Å². The van der Waals surface area contributed by atoms with E-state index in [0.717, 1.165) is 35.4 Å². The van der Waals surface area contributed by atoms with Gasteiger partial charge in [0.1, 0.15) is 24.0 Å². The predicted molar refractivity (Wildman–Crippen MR) is 234 cm³/mol. The van der Waals surface area contributed by atoms with Crippen molar-refractivity contribution in [3.63, 3.8) is 0 Å². The number of cyclic esters (lactones) is 1. The van der Waals surface area contributed by atoms with E-state index in [1.807, 2.05) is 38.3 Å². The number of carbonyl (C=O) groups is 4. The minimum Gasteiger partial charge on any atom is -0.456 e. The van der Waals surface area contributed by atoms with Crippen LogP contribution in [0.5, 0.6) is 0 Å². The topological polar surface area (TPSA) is 170 Å². The van der Waals surface area contributed by atoms with Crippen molar-refractivity contribution in [1.82, 2.24) is 4.90 Å². The predicted octanol–water partition coefficient (Wildman–Crippen LogP) is 6.65. The molecule has 0 radical (unpaired) electrons. The van der Waals surface area contributed by atoms with Crippen LogP contribution < -0.4 is 5.32 Å². The van der Waals surface area contributed by atoms with Crippen molar-refractivity contribution < 1.29 is 53.1 Å². The van der Waals surface area contributed by atoms with Gasteiger partial charge in [-0.05, 0) is 113 Å². The van der Waals surface area contributed by atoms with E-state index in [2.05, 4.69) is 24.4 Å². The number of piperidine rings is 1. The van der Waals surface area contributed by atoms with E-state index < -0.39 is 77.8 Å². The zero-order valence-corrected chi connectivity index (χ0v) is 38.6. The minimum absolute atomic E-state index is 0.0404. The lowest BCUT2D eigenvalue weighted by molar-refractivity contribution is -0.302. The third-order valence-corrected chi connectivity index (χ3v) is 14.6. The Hall–Kier alpha value is -2.98. The summed E-state index contributed by atoms with van der Waals surface area (Å²) in [4.78, 5) is 58.2. The van der Waals surface area contributed by atoms with Crippen molar-refractivity contribution in [2.45, 2.75) is 167 Å². The third-order valence-electron chi connectivity index (χ3n) is 13.8. The Morgan fingerprint density at radius 1 is 0.984 bits per heavy atom. The van der Waals surface area contributed by atoms with Crippen LogP contribution in [0, 0.1) is 29.6 Å². The monoisotopic (exact) mass is 872 g/mol. The van der Waals surface area contributed by atoms with Crippen LogP contribution in [0.2, 0.25) is 0 Å². The van der Waals surface area contributed by atoms with Gasteiger partial charge in [-0.1, -0.05) is 45.4 Å². The molecule has 1 amide bonds. The van der Waals surface area contributed by atoms with Crippen molar-refractivity contribution in [3.05, 3.63) is 40.8 Å². The summed E-state index contributed by atoms with van der Waals surface area (Å²) < 4.78 is 30.4. The molecule has 3 aliphatic heterocycles. The van der Waals surface area contributed by atoms with Crippen molar-refractivity contribution in [2.75, 3.05) is 33.2 Å². The highest BCUT2D eigenvalue weighted by Gasteiger charge is 2.56. The van der Waals surface area contributed by atoms with Gasteiger partial charge in [-0.3, -0.25) is 14.4 Å². The number of methoxy groups -OCH3 is 3. The first-order valence-corrected chi connectivity index (χ1v) is 23.3. The van der Waals surface area contributed by atoms with Crippen molar-refractivity contribution >= 4 is 39.8 Å². The average molecular weight is 873 g/mol. The van der Waals surface area contributed by atoms with Gasteiger partial charge in [0.15, 0.2) is 0 Å². The number of rotatable bonds is 8. The number of allylic oxidation sites excluding steroid dienone is 3. The zero-order chi connectivity index (χ0) is 44.6. The molecule has 1 aromatic rings. The van der Waals surface area contributed by atoms with Crippen LogP contribution in [-0.2, 0) is 42.9 Å². The highest BCUT2D eigenvalue weighted by Crippen LogP contribution is 2.39. The number of nitrogens with one attached hydrogen (secondary N) is 1. The summed E-state index contributed by atoms with van der Waals surface area (Å²) in [5.41, 5.74) is 1.73. The number of carbonyl (C=O) groups excluding carboxylic acids is 4. The van der Waals surface area contributed by atoms with Gasteiger partial charge in [-0.15, -0.1) is 11.3 Å². The number of esters is 1. The SMILES string of the molecule is CCC1C=C(C)CC(C)CC(OC)C2OC(O)(C(=O)C(=O)N3CCCCC3C(=O)OC(C(C)=CC3CCC(Nc4cccs4)C(OC)C3)C(C)C(O)CC1=O)C(C)CC2OC. The van der Waals surface area contributed by atoms with Crippen LogP contribution in [0.4, 0.5) is 5.00 Å². The molecule has 14 unspecified atom stereocenters. The number of hydrogen-bond acceptors (Lipinski definition) is 13. The lowest BCUT2D eigenvalue weighted by Crippen LogP contribution is -2.64. The number of ketones is 2. The molecular weight excluding hydrogens is 801 g/mol. The molecule has 14 atom stereocenters. The quantitative estimate of drug-likeness (QED) is 0.145. The number of anilines is 1. The number of hydrogen-bond donors (Lipinski definition) is 3. The van der Waals surface area contributed by atoms with Crippen LogP contribution in [0.25, 0.3) is 0 Å². The number of aliphatic hydroxyl groups excluding tert-OH is 1. The maximum absolute atomic E-state index is 14.5. The van der Waals surface area contributed by atoms with Gasteiger partial charge >= 0.3 is 5.97 Å². The van der Waals surface area contributed by atoms with Gasteiger partial charge in [-0.2, -0.15) is 0 Å². The van der Waals surface area contributed by atoms with Crippen LogP contribution >= 0.6 is 11.3 Å². The van der Waals surface area contributed by atoms with Gasteiger partial charge < -0.3 is 44.1 Å². The van der Waals surface area contributed by atoms with Crippen molar-refractivity contribution in [3.8, 4) is 0 Å². The summed E-state index contributed by atoms with van der Waals surface area (Å²) in [7, 11) is 4.80. The molecular formula is C47H72N2O11S. The van der Waals surface area contributed by atoms with Gasteiger partial charge in [0.25, 0.3) is 11.7 Å². The zero-order valence-electron chi connectivity index (χ0n) is 37.8. The maximum Gasteiger partial charge on any atom is 0.329 e. The first kappa shape index (κ1) is 49.0. The van der Waals surface area contributed by atoms with Crippen LogP contribution in [0.3, 0.4) is 0 Å². The van der Waals surface area contributed by atoms with Gasteiger partial charge in [0.2, 0.25) is 5.79 Å². The second kappa shape index (κ2) is 22.1. The lowest BCUT2D eigenvalue weighted by Gasteiger charge is -2.47. The van der Waals surface area contributed by atoms with Crippen LogP contribution in [0.15, 0.2) is 40.8 Å². The third kappa shape index (κ3) is 11.8. The number of aliphatic hydroxyl groups is 2. The summed E-state index contributed by atoms with van der Waals surface area (Å²) in [5.74, 6) is -7.29. The Morgan fingerprint density at radius 2 is 1.69 bits per heavy atom. The molecule has 0 aromatic carbocycles.